The second-order valence-electron chi connectivity index (χ2n) is 5.34. The van der Waals surface area contributed by atoms with Crippen LogP contribution in [0.2, 0.25) is 0 Å². The summed E-state index contributed by atoms with van der Waals surface area (Å²) in [6.07, 6.45) is 0.991. The molecule has 0 saturated carbocycles. The molecule has 0 unspecified atom stereocenters. The first kappa shape index (κ1) is 14.6. The van der Waals surface area contributed by atoms with Crippen LogP contribution in [0.1, 0.15) is 31.0 Å². The van der Waals surface area contributed by atoms with Crippen molar-refractivity contribution in [2.45, 2.75) is 32.4 Å². The molecule has 0 heterocycles. The van der Waals surface area contributed by atoms with Crippen molar-refractivity contribution in [2.24, 2.45) is 0 Å². The molecular formula is C18H23NO. The molecule has 2 rings (SSSR count). The van der Waals surface area contributed by atoms with Gasteiger partial charge in [-0.05, 0) is 29.7 Å². The van der Waals surface area contributed by atoms with E-state index in [1.165, 1.54) is 11.1 Å². The largest absolute Gasteiger partial charge is 0.497 e. The van der Waals surface area contributed by atoms with Crippen LogP contribution in [-0.4, -0.2) is 13.2 Å². The van der Waals surface area contributed by atoms with Gasteiger partial charge in [-0.15, -0.1) is 0 Å². The van der Waals surface area contributed by atoms with Crippen LogP contribution >= 0.6 is 0 Å². The van der Waals surface area contributed by atoms with Gasteiger partial charge in [0.05, 0.1) is 7.11 Å². The van der Waals surface area contributed by atoms with Gasteiger partial charge in [0, 0.05) is 12.1 Å². The molecule has 0 aliphatic carbocycles. The Kier molecular flexibility index (Phi) is 5.19. The number of benzene rings is 2. The molecule has 20 heavy (non-hydrogen) atoms. The molecule has 0 spiro atoms. The highest BCUT2D eigenvalue weighted by Gasteiger charge is 2.13. The van der Waals surface area contributed by atoms with E-state index in [2.05, 4.69) is 61.6 Å². The molecule has 0 amide bonds. The number of hydrogen-bond donors (Lipinski definition) is 1. The normalized spacial score (nSPS) is 12.4. The van der Waals surface area contributed by atoms with E-state index in [-0.39, 0.29) is 0 Å². The summed E-state index contributed by atoms with van der Waals surface area (Å²) in [7, 11) is 1.70. The molecule has 0 radical (unpaired) electrons. The van der Waals surface area contributed by atoms with E-state index >= 15 is 0 Å². The average molecular weight is 269 g/mol. The van der Waals surface area contributed by atoms with Gasteiger partial charge in [-0.3, -0.25) is 0 Å². The highest BCUT2D eigenvalue weighted by Crippen LogP contribution is 2.21. The van der Waals surface area contributed by atoms with Crippen molar-refractivity contribution < 1.29 is 4.74 Å². The minimum atomic E-state index is 0.323. The first-order chi connectivity index (χ1) is 9.69. The Labute approximate surface area is 121 Å². The lowest BCUT2D eigenvalue weighted by molar-refractivity contribution is 0.414. The van der Waals surface area contributed by atoms with Crippen LogP contribution in [0.5, 0.6) is 5.75 Å². The van der Waals surface area contributed by atoms with Crippen molar-refractivity contribution >= 4 is 0 Å². The molecule has 2 heteroatoms. The maximum Gasteiger partial charge on any atom is 0.118 e. The second kappa shape index (κ2) is 7.11. The zero-order chi connectivity index (χ0) is 14.4. The Bertz CT molecular complexity index is 505. The number of rotatable bonds is 6. The fourth-order valence-electron chi connectivity index (χ4n) is 2.36. The summed E-state index contributed by atoms with van der Waals surface area (Å²) in [5, 5.41) is 3.64. The topological polar surface area (TPSA) is 21.3 Å². The molecule has 0 saturated heterocycles. The smallest absolute Gasteiger partial charge is 0.118 e. The summed E-state index contributed by atoms with van der Waals surface area (Å²) in [6, 6.07) is 19.7. The molecule has 106 valence electrons. The molecule has 2 nitrogen and oxygen atoms in total. The third-order valence-electron chi connectivity index (χ3n) is 3.34. The van der Waals surface area contributed by atoms with E-state index < -0.39 is 0 Å². The average Bonchev–Trinajstić information content (AvgIpc) is 2.47. The molecule has 0 aliphatic rings. The van der Waals surface area contributed by atoms with Crippen LogP contribution in [0.15, 0.2) is 54.6 Å². The third kappa shape index (κ3) is 4.10. The molecule has 0 aliphatic heterocycles. The van der Waals surface area contributed by atoms with Crippen LogP contribution in [0, 0.1) is 0 Å². The Morgan fingerprint density at radius 2 is 1.60 bits per heavy atom. The van der Waals surface area contributed by atoms with Crippen molar-refractivity contribution in [1.29, 1.82) is 0 Å². The van der Waals surface area contributed by atoms with E-state index in [1.807, 2.05) is 12.1 Å². The fraction of sp³-hybridized carbons (Fsp3) is 0.333. The molecule has 0 aromatic heterocycles. The Morgan fingerprint density at radius 1 is 0.950 bits per heavy atom. The second-order valence-corrected chi connectivity index (χ2v) is 5.34. The highest BCUT2D eigenvalue weighted by atomic mass is 16.5. The minimum Gasteiger partial charge on any atom is -0.497 e. The Balaban J connectivity index is 2.17. The number of ether oxygens (including phenoxy) is 1. The maximum absolute atomic E-state index is 5.23. The standard InChI is InChI=1S/C18H23NO/c1-14(2)19-18(13-15-7-5-4-6-8-15)16-9-11-17(20-3)12-10-16/h4-12,14,18-19H,13H2,1-3H3/t18-/m1/s1. The lowest BCUT2D eigenvalue weighted by Gasteiger charge is -2.22. The van der Waals surface area contributed by atoms with E-state index in [4.69, 9.17) is 4.74 Å². The molecule has 1 N–H and O–H groups in total. The third-order valence-corrected chi connectivity index (χ3v) is 3.34. The molecule has 0 bridgehead atoms. The predicted octanol–water partition coefficient (Wildman–Crippen LogP) is 3.98. The van der Waals surface area contributed by atoms with Crippen molar-refractivity contribution in [3.63, 3.8) is 0 Å². The van der Waals surface area contributed by atoms with Gasteiger partial charge in [-0.2, -0.15) is 0 Å². The number of hydrogen-bond acceptors (Lipinski definition) is 2. The van der Waals surface area contributed by atoms with Gasteiger partial charge in [0.25, 0.3) is 0 Å². The monoisotopic (exact) mass is 269 g/mol. The Morgan fingerprint density at radius 3 is 2.15 bits per heavy atom. The molecule has 2 aromatic carbocycles. The minimum absolute atomic E-state index is 0.323. The van der Waals surface area contributed by atoms with Crippen LogP contribution in [-0.2, 0) is 6.42 Å². The van der Waals surface area contributed by atoms with Gasteiger partial charge < -0.3 is 10.1 Å². The summed E-state index contributed by atoms with van der Waals surface area (Å²) < 4.78 is 5.23. The summed E-state index contributed by atoms with van der Waals surface area (Å²) in [6.45, 7) is 4.36. The zero-order valence-electron chi connectivity index (χ0n) is 12.5. The fourth-order valence-corrected chi connectivity index (χ4v) is 2.36. The van der Waals surface area contributed by atoms with E-state index in [9.17, 15) is 0 Å². The quantitative estimate of drug-likeness (QED) is 0.856. The highest BCUT2D eigenvalue weighted by molar-refractivity contribution is 5.30. The van der Waals surface area contributed by atoms with Gasteiger partial charge in [-0.25, -0.2) is 0 Å². The van der Waals surface area contributed by atoms with Crippen LogP contribution < -0.4 is 10.1 Å². The van der Waals surface area contributed by atoms with Gasteiger partial charge in [0.15, 0.2) is 0 Å². The molecule has 1 atom stereocenters. The van der Waals surface area contributed by atoms with Crippen molar-refractivity contribution in [3.8, 4) is 5.75 Å². The lowest BCUT2D eigenvalue weighted by Crippen LogP contribution is -2.29. The first-order valence-corrected chi connectivity index (χ1v) is 7.13. The predicted molar refractivity (Wildman–Crippen MR) is 84.2 cm³/mol. The van der Waals surface area contributed by atoms with Crippen molar-refractivity contribution in [3.05, 3.63) is 65.7 Å². The first-order valence-electron chi connectivity index (χ1n) is 7.13. The molecular weight excluding hydrogens is 246 g/mol. The molecule has 2 aromatic rings. The van der Waals surface area contributed by atoms with E-state index in [0.717, 1.165) is 12.2 Å². The summed E-state index contributed by atoms with van der Waals surface area (Å²) in [5.41, 5.74) is 2.64. The zero-order valence-corrected chi connectivity index (χ0v) is 12.5. The van der Waals surface area contributed by atoms with Gasteiger partial charge in [0.1, 0.15) is 5.75 Å². The van der Waals surface area contributed by atoms with Crippen LogP contribution in [0.25, 0.3) is 0 Å². The van der Waals surface area contributed by atoms with E-state index in [1.54, 1.807) is 7.11 Å². The van der Waals surface area contributed by atoms with Gasteiger partial charge in [-0.1, -0.05) is 56.3 Å². The van der Waals surface area contributed by atoms with E-state index in [0.29, 0.717) is 12.1 Å². The van der Waals surface area contributed by atoms with Crippen molar-refractivity contribution in [1.82, 2.24) is 5.32 Å². The summed E-state index contributed by atoms with van der Waals surface area (Å²) in [5.74, 6) is 0.900. The van der Waals surface area contributed by atoms with Crippen LogP contribution in [0.4, 0.5) is 0 Å². The van der Waals surface area contributed by atoms with Crippen molar-refractivity contribution in [2.75, 3.05) is 7.11 Å². The van der Waals surface area contributed by atoms with Gasteiger partial charge in [0.2, 0.25) is 0 Å². The number of methoxy groups -OCH3 is 1. The summed E-state index contributed by atoms with van der Waals surface area (Å²) >= 11 is 0. The van der Waals surface area contributed by atoms with Gasteiger partial charge >= 0.3 is 0 Å². The SMILES string of the molecule is COc1ccc([C@@H](Cc2ccccc2)NC(C)C)cc1. The maximum atomic E-state index is 5.23. The number of nitrogens with one attached hydrogen (secondary N) is 1. The summed E-state index contributed by atoms with van der Waals surface area (Å²) in [4.78, 5) is 0. The lowest BCUT2D eigenvalue weighted by atomic mass is 9.98. The molecule has 0 fully saturated rings. The van der Waals surface area contributed by atoms with Crippen LogP contribution in [0.3, 0.4) is 0 Å². The Hall–Kier alpha value is -1.80.